The molecule has 0 aliphatic heterocycles. The Morgan fingerprint density at radius 2 is 1.21 bits per heavy atom. The standard InChI is InChI=1S/C14H32O4Si/c1-6-10-16-19(17-11-7-2,18-12-8-3)13-15-14(5)9-4/h14H,6-13H2,1-5H3. The second kappa shape index (κ2) is 11.8. The fraction of sp³-hybridized carbons (Fsp3) is 1.00. The molecule has 0 N–H and O–H groups in total. The number of rotatable bonds is 13. The van der Waals surface area contributed by atoms with E-state index in [-0.39, 0.29) is 6.10 Å². The minimum Gasteiger partial charge on any atom is -0.374 e. The molecule has 0 aromatic carbocycles. The van der Waals surface area contributed by atoms with Crippen LogP contribution in [-0.2, 0) is 18.0 Å². The highest BCUT2D eigenvalue weighted by atomic mass is 28.4. The van der Waals surface area contributed by atoms with Gasteiger partial charge in [-0.25, -0.2) is 0 Å². The molecule has 0 saturated heterocycles. The van der Waals surface area contributed by atoms with Crippen molar-refractivity contribution in [2.75, 3.05) is 26.1 Å². The van der Waals surface area contributed by atoms with Crippen molar-refractivity contribution >= 4 is 8.80 Å². The molecule has 0 amide bonds. The monoisotopic (exact) mass is 292 g/mol. The second-order valence-electron chi connectivity index (χ2n) is 4.76. The topological polar surface area (TPSA) is 36.9 Å². The van der Waals surface area contributed by atoms with Gasteiger partial charge in [-0.05, 0) is 32.6 Å². The zero-order chi connectivity index (χ0) is 14.6. The molecule has 116 valence electrons. The van der Waals surface area contributed by atoms with Gasteiger partial charge in [-0.15, -0.1) is 0 Å². The lowest BCUT2D eigenvalue weighted by Gasteiger charge is -2.30. The van der Waals surface area contributed by atoms with Crippen molar-refractivity contribution in [2.24, 2.45) is 0 Å². The molecule has 0 aliphatic rings. The van der Waals surface area contributed by atoms with Crippen LogP contribution in [0.2, 0.25) is 0 Å². The quantitative estimate of drug-likeness (QED) is 0.486. The van der Waals surface area contributed by atoms with Crippen LogP contribution in [0.15, 0.2) is 0 Å². The maximum absolute atomic E-state index is 5.95. The average molecular weight is 292 g/mol. The van der Waals surface area contributed by atoms with Gasteiger partial charge in [0.05, 0.1) is 6.10 Å². The Balaban J connectivity index is 4.56. The Bertz CT molecular complexity index is 180. The lowest BCUT2D eigenvalue weighted by molar-refractivity contribution is 0.00246. The normalized spacial score (nSPS) is 13.7. The Hall–Kier alpha value is 0.0569. The first kappa shape index (κ1) is 19.1. The molecule has 0 aromatic rings. The molecule has 0 spiro atoms. The van der Waals surface area contributed by atoms with Gasteiger partial charge in [0, 0.05) is 19.8 Å². The lowest BCUT2D eigenvalue weighted by Crippen LogP contribution is -2.52. The maximum atomic E-state index is 5.95. The fourth-order valence-corrected chi connectivity index (χ4v) is 3.92. The van der Waals surface area contributed by atoms with Crippen LogP contribution >= 0.6 is 0 Å². The molecule has 0 aliphatic carbocycles. The highest BCUT2D eigenvalue weighted by Gasteiger charge is 2.42. The van der Waals surface area contributed by atoms with E-state index in [1.54, 1.807) is 0 Å². The van der Waals surface area contributed by atoms with E-state index in [2.05, 4.69) is 34.6 Å². The largest absolute Gasteiger partial charge is 0.528 e. The van der Waals surface area contributed by atoms with Gasteiger partial charge in [0.15, 0.2) is 0 Å². The predicted octanol–water partition coefficient (Wildman–Crippen LogP) is 3.56. The fourth-order valence-electron chi connectivity index (χ4n) is 1.38. The van der Waals surface area contributed by atoms with E-state index < -0.39 is 8.80 Å². The average Bonchev–Trinajstić information content (AvgIpc) is 2.45. The molecule has 0 radical (unpaired) electrons. The third-order valence-electron chi connectivity index (χ3n) is 2.70. The Labute approximate surface area is 120 Å². The van der Waals surface area contributed by atoms with E-state index >= 15 is 0 Å². The van der Waals surface area contributed by atoms with Crippen LogP contribution < -0.4 is 0 Å². The van der Waals surface area contributed by atoms with Crippen molar-refractivity contribution in [1.29, 1.82) is 0 Å². The summed E-state index contributed by atoms with van der Waals surface area (Å²) in [5.74, 6) is 0. The van der Waals surface area contributed by atoms with E-state index in [4.69, 9.17) is 18.0 Å². The van der Waals surface area contributed by atoms with Gasteiger partial charge in [-0.1, -0.05) is 27.7 Å². The van der Waals surface area contributed by atoms with Gasteiger partial charge < -0.3 is 18.0 Å². The van der Waals surface area contributed by atoms with Crippen molar-refractivity contribution in [3.63, 3.8) is 0 Å². The first-order valence-electron chi connectivity index (χ1n) is 7.67. The minimum atomic E-state index is -2.66. The van der Waals surface area contributed by atoms with E-state index in [1.807, 2.05) is 0 Å². The van der Waals surface area contributed by atoms with Crippen LogP contribution in [0.4, 0.5) is 0 Å². The highest BCUT2D eigenvalue weighted by Crippen LogP contribution is 2.14. The molecule has 0 fully saturated rings. The van der Waals surface area contributed by atoms with Crippen LogP contribution in [0.5, 0.6) is 0 Å². The van der Waals surface area contributed by atoms with E-state index in [0.29, 0.717) is 26.1 Å². The number of hydrogen-bond acceptors (Lipinski definition) is 4. The van der Waals surface area contributed by atoms with Crippen LogP contribution in [0, 0.1) is 0 Å². The SMILES string of the molecule is CCCO[Si](COC(C)CC)(OCCC)OCCC. The molecule has 0 bridgehead atoms. The van der Waals surface area contributed by atoms with Gasteiger partial charge in [-0.3, -0.25) is 0 Å². The third-order valence-corrected chi connectivity index (χ3v) is 5.15. The van der Waals surface area contributed by atoms with Gasteiger partial charge in [-0.2, -0.15) is 0 Å². The highest BCUT2D eigenvalue weighted by molar-refractivity contribution is 6.60. The molecule has 1 unspecified atom stereocenters. The Kier molecular flexibility index (Phi) is 11.9. The molecule has 0 saturated carbocycles. The zero-order valence-electron chi connectivity index (χ0n) is 13.4. The van der Waals surface area contributed by atoms with Crippen molar-refractivity contribution in [2.45, 2.75) is 66.4 Å². The molecule has 5 heteroatoms. The van der Waals surface area contributed by atoms with Crippen LogP contribution in [0.1, 0.15) is 60.3 Å². The van der Waals surface area contributed by atoms with Crippen molar-refractivity contribution in [3.05, 3.63) is 0 Å². The van der Waals surface area contributed by atoms with Crippen LogP contribution in [-0.4, -0.2) is 41.0 Å². The predicted molar refractivity (Wildman–Crippen MR) is 80.2 cm³/mol. The van der Waals surface area contributed by atoms with Gasteiger partial charge in [0.25, 0.3) is 0 Å². The number of hydrogen-bond donors (Lipinski definition) is 0. The summed E-state index contributed by atoms with van der Waals surface area (Å²) in [4.78, 5) is 0. The summed E-state index contributed by atoms with van der Waals surface area (Å²) in [7, 11) is -2.66. The molecule has 0 heterocycles. The Morgan fingerprint density at radius 1 is 0.789 bits per heavy atom. The molecule has 4 nitrogen and oxygen atoms in total. The minimum absolute atomic E-state index is 0.215. The van der Waals surface area contributed by atoms with Crippen LogP contribution in [0.3, 0.4) is 0 Å². The smallest absolute Gasteiger partial charge is 0.374 e. The van der Waals surface area contributed by atoms with Crippen molar-refractivity contribution < 1.29 is 18.0 Å². The summed E-state index contributed by atoms with van der Waals surface area (Å²) in [6, 6.07) is 0. The van der Waals surface area contributed by atoms with Gasteiger partial charge in [0.2, 0.25) is 0 Å². The van der Waals surface area contributed by atoms with E-state index in [9.17, 15) is 0 Å². The van der Waals surface area contributed by atoms with E-state index in [1.165, 1.54) is 0 Å². The first-order valence-corrected chi connectivity index (χ1v) is 9.60. The summed E-state index contributed by atoms with van der Waals surface area (Å²) < 4.78 is 23.7. The summed E-state index contributed by atoms with van der Waals surface area (Å²) in [5.41, 5.74) is 0. The third kappa shape index (κ3) is 8.76. The lowest BCUT2D eigenvalue weighted by atomic mass is 10.3. The summed E-state index contributed by atoms with van der Waals surface area (Å²) >= 11 is 0. The first-order chi connectivity index (χ1) is 9.14. The second-order valence-corrected chi connectivity index (χ2v) is 7.28. The van der Waals surface area contributed by atoms with Crippen molar-refractivity contribution in [1.82, 2.24) is 0 Å². The molecule has 0 aromatic heterocycles. The van der Waals surface area contributed by atoms with E-state index in [0.717, 1.165) is 25.7 Å². The zero-order valence-corrected chi connectivity index (χ0v) is 14.4. The molecule has 19 heavy (non-hydrogen) atoms. The number of ether oxygens (including phenoxy) is 1. The molecule has 0 rings (SSSR count). The summed E-state index contributed by atoms with van der Waals surface area (Å²) in [5, 5.41) is 0. The molecule has 1 atom stereocenters. The summed E-state index contributed by atoms with van der Waals surface area (Å²) in [6.45, 7) is 12.5. The molecular formula is C14H32O4Si. The van der Waals surface area contributed by atoms with Crippen molar-refractivity contribution in [3.8, 4) is 0 Å². The molecular weight excluding hydrogens is 260 g/mol. The summed E-state index contributed by atoms with van der Waals surface area (Å²) in [6.07, 6.45) is 4.55. The van der Waals surface area contributed by atoms with Gasteiger partial charge >= 0.3 is 8.80 Å². The Morgan fingerprint density at radius 3 is 1.53 bits per heavy atom. The maximum Gasteiger partial charge on any atom is 0.528 e. The van der Waals surface area contributed by atoms with Gasteiger partial charge in [0.1, 0.15) is 6.23 Å². The van der Waals surface area contributed by atoms with Crippen LogP contribution in [0.25, 0.3) is 0 Å².